The average Bonchev–Trinajstić information content (AvgIpc) is 2.78. The number of amides is 1. The first kappa shape index (κ1) is 13.6. The van der Waals surface area contributed by atoms with Crippen LogP contribution in [0, 0.1) is 0 Å². The van der Waals surface area contributed by atoms with E-state index in [0.717, 1.165) is 6.42 Å². The minimum Gasteiger partial charge on any atom is -0.335 e. The second kappa shape index (κ2) is 6.34. The number of aromatic nitrogens is 3. The maximum absolute atomic E-state index is 12.2. The standard InChI is InChI=1S/C11H21N5O/c1-4-9(3)16(5-2)11(17)10-8-15(7-6-12)14-13-10/h8-9H,4-7,12H2,1-3H3. The molecule has 0 fully saturated rings. The maximum atomic E-state index is 12.2. The summed E-state index contributed by atoms with van der Waals surface area (Å²) >= 11 is 0. The van der Waals surface area contributed by atoms with Crippen LogP contribution in [0.25, 0.3) is 0 Å². The molecule has 0 spiro atoms. The lowest BCUT2D eigenvalue weighted by atomic mass is 10.2. The summed E-state index contributed by atoms with van der Waals surface area (Å²) in [6.07, 6.45) is 2.58. The molecule has 1 heterocycles. The molecule has 1 unspecified atom stereocenters. The zero-order valence-electron chi connectivity index (χ0n) is 10.8. The van der Waals surface area contributed by atoms with Gasteiger partial charge >= 0.3 is 0 Å². The minimum atomic E-state index is -0.0647. The molecule has 0 saturated carbocycles. The van der Waals surface area contributed by atoms with Gasteiger partial charge in [-0.05, 0) is 20.3 Å². The smallest absolute Gasteiger partial charge is 0.276 e. The molecule has 0 aliphatic carbocycles. The SMILES string of the molecule is CCC(C)N(CC)C(=O)c1cn(CCN)nn1. The van der Waals surface area contributed by atoms with E-state index in [1.54, 1.807) is 15.8 Å². The summed E-state index contributed by atoms with van der Waals surface area (Å²) in [6.45, 7) is 7.80. The van der Waals surface area contributed by atoms with Crippen LogP contribution in [0.4, 0.5) is 0 Å². The van der Waals surface area contributed by atoms with Crippen molar-refractivity contribution in [3.63, 3.8) is 0 Å². The number of rotatable bonds is 6. The zero-order valence-corrected chi connectivity index (χ0v) is 10.8. The van der Waals surface area contributed by atoms with E-state index in [1.807, 2.05) is 13.8 Å². The Morgan fingerprint density at radius 1 is 1.59 bits per heavy atom. The molecule has 0 bridgehead atoms. The van der Waals surface area contributed by atoms with E-state index in [0.29, 0.717) is 25.3 Å². The van der Waals surface area contributed by atoms with E-state index in [-0.39, 0.29) is 11.9 Å². The van der Waals surface area contributed by atoms with Crippen molar-refractivity contribution in [3.05, 3.63) is 11.9 Å². The molecular weight excluding hydrogens is 218 g/mol. The monoisotopic (exact) mass is 239 g/mol. The summed E-state index contributed by atoms with van der Waals surface area (Å²) < 4.78 is 1.59. The molecule has 0 saturated heterocycles. The van der Waals surface area contributed by atoms with E-state index in [1.165, 1.54) is 0 Å². The van der Waals surface area contributed by atoms with Crippen LogP contribution in [0.5, 0.6) is 0 Å². The number of hydrogen-bond acceptors (Lipinski definition) is 4. The third-order valence-electron chi connectivity index (χ3n) is 2.84. The maximum Gasteiger partial charge on any atom is 0.276 e. The van der Waals surface area contributed by atoms with E-state index < -0.39 is 0 Å². The summed E-state index contributed by atoms with van der Waals surface area (Å²) in [5.41, 5.74) is 5.81. The summed E-state index contributed by atoms with van der Waals surface area (Å²) in [7, 11) is 0. The molecular formula is C11H21N5O. The molecule has 1 amide bonds. The van der Waals surface area contributed by atoms with Gasteiger partial charge in [0.05, 0.1) is 12.7 Å². The quantitative estimate of drug-likeness (QED) is 0.784. The van der Waals surface area contributed by atoms with Crippen LogP contribution >= 0.6 is 0 Å². The Morgan fingerprint density at radius 2 is 2.29 bits per heavy atom. The molecule has 0 aliphatic rings. The Kier molecular flexibility index (Phi) is 5.09. The van der Waals surface area contributed by atoms with Crippen molar-refractivity contribution in [2.45, 2.75) is 39.8 Å². The van der Waals surface area contributed by atoms with Crippen LogP contribution in [0.1, 0.15) is 37.7 Å². The van der Waals surface area contributed by atoms with E-state index in [4.69, 9.17) is 5.73 Å². The van der Waals surface area contributed by atoms with Crippen LogP contribution in [0.15, 0.2) is 6.20 Å². The predicted molar refractivity (Wildman–Crippen MR) is 65.5 cm³/mol. The number of hydrogen-bond donors (Lipinski definition) is 1. The summed E-state index contributed by atoms with van der Waals surface area (Å²) in [4.78, 5) is 14.0. The number of nitrogens with two attached hydrogens (primary N) is 1. The Morgan fingerprint density at radius 3 is 2.82 bits per heavy atom. The van der Waals surface area contributed by atoms with Gasteiger partial charge in [-0.25, -0.2) is 0 Å². The lowest BCUT2D eigenvalue weighted by molar-refractivity contribution is 0.0694. The van der Waals surface area contributed by atoms with Gasteiger partial charge in [0.15, 0.2) is 5.69 Å². The van der Waals surface area contributed by atoms with E-state index in [2.05, 4.69) is 17.2 Å². The molecule has 1 aromatic heterocycles. The van der Waals surface area contributed by atoms with Gasteiger partial charge in [-0.15, -0.1) is 5.10 Å². The van der Waals surface area contributed by atoms with Crippen molar-refractivity contribution in [3.8, 4) is 0 Å². The fourth-order valence-corrected chi connectivity index (χ4v) is 1.66. The summed E-state index contributed by atoms with van der Waals surface area (Å²) in [5.74, 6) is -0.0647. The van der Waals surface area contributed by atoms with Gasteiger partial charge in [-0.2, -0.15) is 0 Å². The lowest BCUT2D eigenvalue weighted by Gasteiger charge is -2.26. The fraction of sp³-hybridized carbons (Fsp3) is 0.727. The van der Waals surface area contributed by atoms with Crippen molar-refractivity contribution in [1.29, 1.82) is 0 Å². The van der Waals surface area contributed by atoms with E-state index >= 15 is 0 Å². The summed E-state index contributed by atoms with van der Waals surface area (Å²) in [6, 6.07) is 0.215. The molecule has 96 valence electrons. The van der Waals surface area contributed by atoms with Crippen LogP contribution in [-0.2, 0) is 6.54 Å². The normalized spacial score (nSPS) is 12.5. The predicted octanol–water partition coefficient (Wildman–Crippen LogP) is 0.497. The highest BCUT2D eigenvalue weighted by Crippen LogP contribution is 2.08. The highest BCUT2D eigenvalue weighted by molar-refractivity contribution is 5.92. The molecule has 0 radical (unpaired) electrons. The van der Waals surface area contributed by atoms with Crippen molar-refractivity contribution in [2.24, 2.45) is 5.73 Å². The van der Waals surface area contributed by atoms with Gasteiger partial charge in [-0.3, -0.25) is 9.48 Å². The molecule has 2 N–H and O–H groups in total. The van der Waals surface area contributed by atoms with Crippen molar-refractivity contribution in [1.82, 2.24) is 19.9 Å². The first-order valence-corrected chi connectivity index (χ1v) is 6.05. The highest BCUT2D eigenvalue weighted by Gasteiger charge is 2.21. The molecule has 0 aliphatic heterocycles. The number of carbonyl (C=O) groups is 1. The van der Waals surface area contributed by atoms with Gasteiger partial charge in [0.2, 0.25) is 0 Å². The molecule has 1 aromatic rings. The molecule has 1 atom stereocenters. The number of carbonyl (C=O) groups excluding carboxylic acids is 1. The van der Waals surface area contributed by atoms with Gasteiger partial charge < -0.3 is 10.6 Å². The first-order valence-electron chi connectivity index (χ1n) is 6.05. The first-order chi connectivity index (χ1) is 8.13. The van der Waals surface area contributed by atoms with Crippen LogP contribution in [0.3, 0.4) is 0 Å². The second-order valence-corrected chi connectivity index (χ2v) is 4.00. The largest absolute Gasteiger partial charge is 0.335 e. The summed E-state index contributed by atoms with van der Waals surface area (Å²) in [5, 5.41) is 7.75. The Labute approximate surface area is 102 Å². The van der Waals surface area contributed by atoms with Crippen molar-refractivity contribution >= 4 is 5.91 Å². The Hall–Kier alpha value is -1.43. The lowest BCUT2D eigenvalue weighted by Crippen LogP contribution is -2.38. The molecule has 6 heteroatoms. The second-order valence-electron chi connectivity index (χ2n) is 4.00. The topological polar surface area (TPSA) is 77.0 Å². The number of nitrogens with zero attached hydrogens (tertiary/aromatic N) is 4. The van der Waals surface area contributed by atoms with Crippen LogP contribution in [0.2, 0.25) is 0 Å². The van der Waals surface area contributed by atoms with Crippen molar-refractivity contribution in [2.75, 3.05) is 13.1 Å². The van der Waals surface area contributed by atoms with Crippen LogP contribution < -0.4 is 5.73 Å². The molecule has 1 rings (SSSR count). The molecule has 0 aromatic carbocycles. The van der Waals surface area contributed by atoms with E-state index in [9.17, 15) is 4.79 Å². The van der Waals surface area contributed by atoms with Gasteiger partial charge in [-0.1, -0.05) is 12.1 Å². The highest BCUT2D eigenvalue weighted by atomic mass is 16.2. The fourth-order valence-electron chi connectivity index (χ4n) is 1.66. The van der Waals surface area contributed by atoms with Crippen LogP contribution in [-0.4, -0.2) is 44.9 Å². The third kappa shape index (κ3) is 3.26. The molecule has 6 nitrogen and oxygen atoms in total. The zero-order chi connectivity index (χ0) is 12.8. The molecule has 17 heavy (non-hydrogen) atoms. The average molecular weight is 239 g/mol. The van der Waals surface area contributed by atoms with Crippen molar-refractivity contribution < 1.29 is 4.79 Å². The van der Waals surface area contributed by atoms with Gasteiger partial charge in [0, 0.05) is 19.1 Å². The van der Waals surface area contributed by atoms with Gasteiger partial charge in [0.25, 0.3) is 5.91 Å². The van der Waals surface area contributed by atoms with Gasteiger partial charge in [0.1, 0.15) is 0 Å². The minimum absolute atomic E-state index is 0.0647. The Bertz CT molecular complexity index is 362. The third-order valence-corrected chi connectivity index (χ3v) is 2.84. The Balaban J connectivity index is 2.79.